The summed E-state index contributed by atoms with van der Waals surface area (Å²) in [6.45, 7) is 1.67. The van der Waals surface area contributed by atoms with Crippen molar-refractivity contribution >= 4 is 56.3 Å². The SMILES string of the molecule is COc1ccc(NS(=O)(=O)c2cc(NC(=O)Nc3ccc(Cl)c(Cl)c3)ccc2C)cc1. The molecule has 0 aliphatic heterocycles. The molecule has 0 atom stereocenters. The maximum absolute atomic E-state index is 12.9. The number of aryl methyl sites for hydroxylation is 1. The first-order valence-electron chi connectivity index (χ1n) is 8.98. The van der Waals surface area contributed by atoms with Gasteiger partial charge in [0.05, 0.1) is 22.1 Å². The standard InChI is InChI=1S/C21H19Cl2N3O4S/c1-13-3-4-16(25-21(27)24-15-7-10-18(22)19(23)11-15)12-20(13)31(28,29)26-14-5-8-17(30-2)9-6-14/h3-12,26H,1-2H3,(H2,24,25,27). The van der Waals surface area contributed by atoms with E-state index in [1.165, 1.54) is 19.2 Å². The lowest BCUT2D eigenvalue weighted by Gasteiger charge is -2.13. The van der Waals surface area contributed by atoms with Gasteiger partial charge in [0.15, 0.2) is 0 Å². The highest BCUT2D eigenvalue weighted by molar-refractivity contribution is 7.92. The minimum Gasteiger partial charge on any atom is -0.497 e. The first-order valence-corrected chi connectivity index (χ1v) is 11.2. The summed E-state index contributed by atoms with van der Waals surface area (Å²) in [5.74, 6) is 0.610. The van der Waals surface area contributed by atoms with Crippen LogP contribution in [0.3, 0.4) is 0 Å². The van der Waals surface area contributed by atoms with Crippen molar-refractivity contribution in [2.24, 2.45) is 0 Å². The van der Waals surface area contributed by atoms with Crippen molar-refractivity contribution < 1.29 is 17.9 Å². The zero-order chi connectivity index (χ0) is 22.6. The molecule has 2 amide bonds. The monoisotopic (exact) mass is 479 g/mol. The smallest absolute Gasteiger partial charge is 0.323 e. The number of benzene rings is 3. The van der Waals surface area contributed by atoms with Gasteiger partial charge >= 0.3 is 6.03 Å². The fraction of sp³-hybridized carbons (Fsp3) is 0.0952. The predicted octanol–water partition coefficient (Wildman–Crippen LogP) is 5.76. The Morgan fingerprint density at radius 2 is 1.42 bits per heavy atom. The van der Waals surface area contributed by atoms with Crippen molar-refractivity contribution in [3.05, 3.63) is 76.3 Å². The van der Waals surface area contributed by atoms with Crippen LogP contribution in [0.2, 0.25) is 10.0 Å². The molecule has 0 spiro atoms. The van der Waals surface area contributed by atoms with Crippen LogP contribution in [-0.4, -0.2) is 21.6 Å². The summed E-state index contributed by atoms with van der Waals surface area (Å²) < 4.78 is 33.3. The Kier molecular flexibility index (Phi) is 6.94. The van der Waals surface area contributed by atoms with Gasteiger partial charge in [-0.2, -0.15) is 0 Å². The average molecular weight is 480 g/mol. The normalized spacial score (nSPS) is 11.0. The van der Waals surface area contributed by atoms with Crippen molar-refractivity contribution in [2.75, 3.05) is 22.5 Å². The second kappa shape index (κ2) is 9.47. The molecule has 3 N–H and O–H groups in total. The number of carbonyl (C=O) groups is 1. The number of amides is 2. The quantitative estimate of drug-likeness (QED) is 0.418. The zero-order valence-electron chi connectivity index (χ0n) is 16.6. The Bertz CT molecular complexity index is 1220. The van der Waals surface area contributed by atoms with E-state index in [2.05, 4.69) is 15.4 Å². The third-order valence-corrected chi connectivity index (χ3v) is 6.52. The van der Waals surface area contributed by atoms with Gasteiger partial charge in [0.1, 0.15) is 5.75 Å². The summed E-state index contributed by atoms with van der Waals surface area (Å²) >= 11 is 11.8. The number of sulfonamides is 1. The maximum Gasteiger partial charge on any atom is 0.323 e. The molecule has 0 bridgehead atoms. The fourth-order valence-electron chi connectivity index (χ4n) is 2.70. The number of urea groups is 1. The van der Waals surface area contributed by atoms with E-state index >= 15 is 0 Å². The molecular weight excluding hydrogens is 461 g/mol. The molecular formula is C21H19Cl2N3O4S. The van der Waals surface area contributed by atoms with Crippen LogP contribution in [0.1, 0.15) is 5.56 Å². The van der Waals surface area contributed by atoms with Crippen LogP contribution >= 0.6 is 23.2 Å². The molecule has 0 aliphatic carbocycles. The molecule has 3 aromatic rings. The Labute approximate surface area is 190 Å². The van der Waals surface area contributed by atoms with Crippen molar-refractivity contribution in [3.8, 4) is 5.75 Å². The summed E-state index contributed by atoms with van der Waals surface area (Å²) in [5.41, 5.74) is 1.65. The third-order valence-electron chi connectivity index (χ3n) is 4.26. The van der Waals surface area contributed by atoms with Gasteiger partial charge in [-0.05, 0) is 67.1 Å². The van der Waals surface area contributed by atoms with Crippen LogP contribution < -0.4 is 20.1 Å². The van der Waals surface area contributed by atoms with E-state index in [9.17, 15) is 13.2 Å². The van der Waals surface area contributed by atoms with Crippen molar-refractivity contribution in [3.63, 3.8) is 0 Å². The summed E-state index contributed by atoms with van der Waals surface area (Å²) in [5, 5.41) is 5.89. The molecule has 0 aromatic heterocycles. The molecule has 10 heteroatoms. The van der Waals surface area contributed by atoms with Crippen molar-refractivity contribution in [2.45, 2.75) is 11.8 Å². The summed E-state index contributed by atoms with van der Waals surface area (Å²) in [4.78, 5) is 12.3. The molecule has 162 valence electrons. The Hall–Kier alpha value is -2.94. The number of halogens is 2. The van der Waals surface area contributed by atoms with Crippen LogP contribution in [0.15, 0.2) is 65.6 Å². The van der Waals surface area contributed by atoms with Gasteiger partial charge in [-0.1, -0.05) is 29.3 Å². The van der Waals surface area contributed by atoms with E-state index in [4.69, 9.17) is 27.9 Å². The van der Waals surface area contributed by atoms with Crippen LogP contribution in [-0.2, 0) is 10.0 Å². The zero-order valence-corrected chi connectivity index (χ0v) is 18.9. The second-order valence-corrected chi connectivity index (χ2v) is 8.99. The summed E-state index contributed by atoms with van der Waals surface area (Å²) in [7, 11) is -2.36. The Morgan fingerprint density at radius 1 is 0.839 bits per heavy atom. The van der Waals surface area contributed by atoms with Crippen molar-refractivity contribution in [1.29, 1.82) is 0 Å². The minimum atomic E-state index is -3.89. The number of hydrogen-bond donors (Lipinski definition) is 3. The molecule has 0 radical (unpaired) electrons. The lowest BCUT2D eigenvalue weighted by atomic mass is 10.2. The number of hydrogen-bond acceptors (Lipinski definition) is 4. The van der Waals surface area contributed by atoms with Gasteiger partial charge < -0.3 is 15.4 Å². The number of methoxy groups -OCH3 is 1. The van der Waals surface area contributed by atoms with E-state index < -0.39 is 16.1 Å². The van der Waals surface area contributed by atoms with Crippen LogP contribution in [0.25, 0.3) is 0 Å². The average Bonchev–Trinajstić information content (AvgIpc) is 2.72. The molecule has 0 fully saturated rings. The second-order valence-electron chi connectivity index (χ2n) is 6.52. The van der Waals surface area contributed by atoms with E-state index in [0.29, 0.717) is 38.4 Å². The third kappa shape index (κ3) is 5.81. The molecule has 0 saturated heterocycles. The van der Waals surface area contributed by atoms with Crippen molar-refractivity contribution in [1.82, 2.24) is 0 Å². The van der Waals surface area contributed by atoms with Gasteiger partial charge in [-0.3, -0.25) is 4.72 Å². The highest BCUT2D eigenvalue weighted by Crippen LogP contribution is 2.26. The number of nitrogens with one attached hydrogen (secondary N) is 3. The maximum atomic E-state index is 12.9. The molecule has 0 unspecified atom stereocenters. The summed E-state index contributed by atoms with van der Waals surface area (Å²) in [6.07, 6.45) is 0. The van der Waals surface area contributed by atoms with Crippen LogP contribution in [0.4, 0.5) is 21.9 Å². The Balaban J connectivity index is 1.76. The van der Waals surface area contributed by atoms with Gasteiger partial charge in [0, 0.05) is 17.1 Å². The van der Waals surface area contributed by atoms with Crippen LogP contribution in [0.5, 0.6) is 5.75 Å². The molecule has 3 rings (SSSR count). The molecule has 7 nitrogen and oxygen atoms in total. The summed E-state index contributed by atoms with van der Waals surface area (Å²) in [6, 6.07) is 15.2. The van der Waals surface area contributed by atoms with Gasteiger partial charge in [0.25, 0.3) is 10.0 Å². The van der Waals surface area contributed by atoms with Gasteiger partial charge in [-0.15, -0.1) is 0 Å². The Morgan fingerprint density at radius 3 is 2.03 bits per heavy atom. The van der Waals surface area contributed by atoms with E-state index in [-0.39, 0.29) is 4.90 Å². The van der Waals surface area contributed by atoms with E-state index in [1.54, 1.807) is 55.5 Å². The number of rotatable bonds is 6. The molecule has 3 aromatic carbocycles. The highest BCUT2D eigenvalue weighted by Gasteiger charge is 2.18. The first-order chi connectivity index (χ1) is 14.7. The first kappa shape index (κ1) is 22.7. The molecule has 0 heterocycles. The molecule has 31 heavy (non-hydrogen) atoms. The van der Waals surface area contributed by atoms with Gasteiger partial charge in [0.2, 0.25) is 0 Å². The molecule has 0 saturated carbocycles. The lowest BCUT2D eigenvalue weighted by Crippen LogP contribution is -2.20. The minimum absolute atomic E-state index is 0.0376. The topological polar surface area (TPSA) is 96.5 Å². The fourth-order valence-corrected chi connectivity index (χ4v) is 4.33. The predicted molar refractivity (Wildman–Crippen MR) is 124 cm³/mol. The molecule has 0 aliphatic rings. The van der Waals surface area contributed by atoms with E-state index in [0.717, 1.165) is 0 Å². The van der Waals surface area contributed by atoms with E-state index in [1.807, 2.05) is 0 Å². The highest BCUT2D eigenvalue weighted by atomic mass is 35.5. The van der Waals surface area contributed by atoms with Gasteiger partial charge in [-0.25, -0.2) is 13.2 Å². The largest absolute Gasteiger partial charge is 0.497 e. The lowest BCUT2D eigenvalue weighted by molar-refractivity contribution is 0.262. The number of carbonyl (C=O) groups excluding carboxylic acids is 1. The number of anilines is 3. The number of ether oxygens (including phenoxy) is 1. The van der Waals surface area contributed by atoms with Crippen LogP contribution in [0, 0.1) is 6.92 Å².